The van der Waals surface area contributed by atoms with Crippen LogP contribution in [0.2, 0.25) is 0 Å². The van der Waals surface area contributed by atoms with E-state index in [0.717, 1.165) is 13.1 Å². The number of urea groups is 1. The molecule has 0 unspecified atom stereocenters. The number of rotatable bonds is 3. The van der Waals surface area contributed by atoms with Crippen molar-refractivity contribution in [1.29, 1.82) is 0 Å². The van der Waals surface area contributed by atoms with Gasteiger partial charge in [0, 0.05) is 31.2 Å². The summed E-state index contributed by atoms with van der Waals surface area (Å²) in [5.74, 6) is 0. The summed E-state index contributed by atoms with van der Waals surface area (Å²) in [5, 5.41) is 0. The van der Waals surface area contributed by atoms with Gasteiger partial charge in [-0.25, -0.2) is 4.79 Å². The molecule has 4 heteroatoms. The second-order valence-corrected chi connectivity index (χ2v) is 5.12. The first-order chi connectivity index (χ1) is 6.47. The van der Waals surface area contributed by atoms with Crippen LogP contribution in [0.5, 0.6) is 0 Å². The highest BCUT2D eigenvalue weighted by Gasteiger charge is 2.39. The second-order valence-electron chi connectivity index (χ2n) is 5.12. The smallest absolute Gasteiger partial charge is 0.320 e. The highest BCUT2D eigenvalue weighted by molar-refractivity contribution is 5.77. The van der Waals surface area contributed by atoms with Gasteiger partial charge in [-0.05, 0) is 26.7 Å². The van der Waals surface area contributed by atoms with E-state index < -0.39 is 0 Å². The van der Waals surface area contributed by atoms with Crippen LogP contribution in [0.4, 0.5) is 4.79 Å². The van der Waals surface area contributed by atoms with E-state index in [9.17, 15) is 4.79 Å². The van der Waals surface area contributed by atoms with Crippen LogP contribution in [0.3, 0.4) is 0 Å². The number of nitrogens with zero attached hydrogens (tertiary/aromatic N) is 2. The molecule has 0 bridgehead atoms. The van der Waals surface area contributed by atoms with E-state index in [1.54, 1.807) is 0 Å². The first kappa shape index (κ1) is 9.77. The molecule has 1 aliphatic carbocycles. The lowest BCUT2D eigenvalue weighted by Crippen LogP contribution is -2.47. The number of amides is 2. The van der Waals surface area contributed by atoms with Gasteiger partial charge in [-0.2, -0.15) is 0 Å². The molecule has 2 fully saturated rings. The minimum Gasteiger partial charge on any atom is -0.324 e. The summed E-state index contributed by atoms with van der Waals surface area (Å²) in [7, 11) is 0. The number of nitrogens with two attached hydrogens (primary N) is 1. The van der Waals surface area contributed by atoms with Gasteiger partial charge in [0.1, 0.15) is 0 Å². The number of carbonyl (C=O) groups is 1. The Balaban J connectivity index is 1.93. The zero-order valence-electron chi connectivity index (χ0n) is 8.99. The summed E-state index contributed by atoms with van der Waals surface area (Å²) in [6.45, 7) is 6.31. The third-order valence-corrected chi connectivity index (χ3v) is 2.71. The maximum absolute atomic E-state index is 11.9. The van der Waals surface area contributed by atoms with Crippen LogP contribution in [0.15, 0.2) is 0 Å². The van der Waals surface area contributed by atoms with Gasteiger partial charge in [0.15, 0.2) is 0 Å². The van der Waals surface area contributed by atoms with Gasteiger partial charge in [0.05, 0.1) is 0 Å². The number of hydrogen-bond acceptors (Lipinski definition) is 2. The zero-order chi connectivity index (χ0) is 10.3. The van der Waals surface area contributed by atoms with Gasteiger partial charge >= 0.3 is 6.03 Å². The standard InChI is InChI=1S/C10H19N3O/c1-10(2,11)7-12-5-6-13(9(12)14)8-3-4-8/h8H,3-7,11H2,1-2H3. The minimum atomic E-state index is -0.283. The van der Waals surface area contributed by atoms with Gasteiger partial charge in [-0.3, -0.25) is 0 Å². The molecule has 2 N–H and O–H groups in total. The van der Waals surface area contributed by atoms with Crippen molar-refractivity contribution in [1.82, 2.24) is 9.80 Å². The highest BCUT2D eigenvalue weighted by atomic mass is 16.2. The molecule has 1 saturated heterocycles. The van der Waals surface area contributed by atoms with E-state index >= 15 is 0 Å². The molecule has 0 spiro atoms. The minimum absolute atomic E-state index is 0.186. The van der Waals surface area contributed by atoms with Crippen LogP contribution in [0.1, 0.15) is 26.7 Å². The molecule has 2 amide bonds. The third kappa shape index (κ3) is 2.00. The molecule has 1 aliphatic heterocycles. The molecule has 2 rings (SSSR count). The van der Waals surface area contributed by atoms with Crippen molar-refractivity contribution >= 4 is 6.03 Å². The quantitative estimate of drug-likeness (QED) is 0.721. The SMILES string of the molecule is CC(C)(N)CN1CCN(C2CC2)C1=O. The topological polar surface area (TPSA) is 49.6 Å². The van der Waals surface area contributed by atoms with Crippen LogP contribution in [0, 0.1) is 0 Å². The zero-order valence-corrected chi connectivity index (χ0v) is 8.99. The van der Waals surface area contributed by atoms with Crippen molar-refractivity contribution < 1.29 is 4.79 Å². The second kappa shape index (κ2) is 3.12. The van der Waals surface area contributed by atoms with Crippen molar-refractivity contribution in [3.63, 3.8) is 0 Å². The largest absolute Gasteiger partial charge is 0.324 e. The Bertz CT molecular complexity index is 242. The summed E-state index contributed by atoms with van der Waals surface area (Å²) in [6.07, 6.45) is 2.37. The Hall–Kier alpha value is -0.770. The predicted octanol–water partition coefficient (Wildman–Crippen LogP) is 0.624. The normalized spacial score (nSPS) is 23.5. The third-order valence-electron chi connectivity index (χ3n) is 2.71. The van der Waals surface area contributed by atoms with E-state index in [2.05, 4.69) is 0 Å². The molecule has 1 saturated carbocycles. The molecule has 80 valence electrons. The van der Waals surface area contributed by atoms with Gasteiger partial charge in [0.25, 0.3) is 0 Å². The Morgan fingerprint density at radius 1 is 1.43 bits per heavy atom. The molecule has 0 aromatic rings. The molecule has 14 heavy (non-hydrogen) atoms. The first-order valence-corrected chi connectivity index (χ1v) is 5.32. The molecule has 1 heterocycles. The molecule has 0 atom stereocenters. The fraction of sp³-hybridized carbons (Fsp3) is 0.900. The molecule has 2 aliphatic rings. The average molecular weight is 197 g/mol. The maximum atomic E-state index is 11.9. The highest BCUT2D eigenvalue weighted by Crippen LogP contribution is 2.30. The first-order valence-electron chi connectivity index (χ1n) is 5.32. The lowest BCUT2D eigenvalue weighted by molar-refractivity contribution is 0.183. The van der Waals surface area contributed by atoms with E-state index in [4.69, 9.17) is 5.73 Å². The Kier molecular flexibility index (Phi) is 2.18. The molecular formula is C10H19N3O. The molecule has 0 radical (unpaired) electrons. The van der Waals surface area contributed by atoms with Gasteiger partial charge < -0.3 is 15.5 Å². The van der Waals surface area contributed by atoms with E-state index in [1.165, 1.54) is 12.8 Å². The van der Waals surface area contributed by atoms with Gasteiger partial charge in [-0.15, -0.1) is 0 Å². The van der Waals surface area contributed by atoms with Crippen LogP contribution in [-0.4, -0.2) is 47.0 Å². The summed E-state index contributed by atoms with van der Waals surface area (Å²) in [5.41, 5.74) is 5.62. The predicted molar refractivity (Wildman–Crippen MR) is 55.0 cm³/mol. The molecule has 4 nitrogen and oxygen atoms in total. The number of carbonyl (C=O) groups excluding carboxylic acids is 1. The van der Waals surface area contributed by atoms with Crippen LogP contribution < -0.4 is 5.73 Å². The van der Waals surface area contributed by atoms with E-state index in [-0.39, 0.29) is 11.6 Å². The lowest BCUT2D eigenvalue weighted by Gasteiger charge is -2.26. The summed E-state index contributed by atoms with van der Waals surface area (Å²) < 4.78 is 0. The fourth-order valence-corrected chi connectivity index (χ4v) is 1.96. The summed E-state index contributed by atoms with van der Waals surface area (Å²) in [4.78, 5) is 15.7. The number of hydrogen-bond donors (Lipinski definition) is 1. The van der Waals surface area contributed by atoms with Gasteiger partial charge in [0.2, 0.25) is 0 Å². The van der Waals surface area contributed by atoms with Crippen molar-refractivity contribution in [2.75, 3.05) is 19.6 Å². The van der Waals surface area contributed by atoms with Crippen LogP contribution in [-0.2, 0) is 0 Å². The fourth-order valence-electron chi connectivity index (χ4n) is 1.96. The van der Waals surface area contributed by atoms with Crippen molar-refractivity contribution in [2.45, 2.75) is 38.3 Å². The van der Waals surface area contributed by atoms with Crippen molar-refractivity contribution in [3.8, 4) is 0 Å². The summed E-state index contributed by atoms with van der Waals surface area (Å²) >= 11 is 0. The Morgan fingerprint density at radius 2 is 2.07 bits per heavy atom. The van der Waals surface area contributed by atoms with Crippen LogP contribution >= 0.6 is 0 Å². The molecular weight excluding hydrogens is 178 g/mol. The monoisotopic (exact) mass is 197 g/mol. The summed E-state index contributed by atoms with van der Waals surface area (Å²) in [6, 6.07) is 0.722. The van der Waals surface area contributed by atoms with Crippen LogP contribution in [0.25, 0.3) is 0 Å². The van der Waals surface area contributed by atoms with Crippen molar-refractivity contribution in [2.24, 2.45) is 5.73 Å². The van der Waals surface area contributed by atoms with E-state index in [1.807, 2.05) is 23.6 Å². The van der Waals surface area contributed by atoms with Crippen molar-refractivity contribution in [3.05, 3.63) is 0 Å². The maximum Gasteiger partial charge on any atom is 0.320 e. The van der Waals surface area contributed by atoms with E-state index in [0.29, 0.717) is 12.6 Å². The molecule has 0 aromatic carbocycles. The van der Waals surface area contributed by atoms with Gasteiger partial charge in [-0.1, -0.05) is 0 Å². The average Bonchev–Trinajstić information content (AvgIpc) is 2.79. The molecule has 0 aromatic heterocycles. The lowest BCUT2D eigenvalue weighted by atomic mass is 10.1. The Labute approximate surface area is 85.0 Å². The Morgan fingerprint density at radius 3 is 2.57 bits per heavy atom.